The molecule has 0 fully saturated rings. The second kappa shape index (κ2) is 10.6. The highest BCUT2D eigenvalue weighted by molar-refractivity contribution is 4.73. The van der Waals surface area contributed by atoms with Gasteiger partial charge >= 0.3 is 0 Å². The summed E-state index contributed by atoms with van der Waals surface area (Å²) >= 11 is 0. The maximum atomic E-state index is 9.88. The monoisotopic (exact) mass is 244 g/mol. The molecule has 0 spiro atoms. The number of ether oxygens (including phenoxy) is 1. The van der Waals surface area contributed by atoms with Crippen molar-refractivity contribution in [2.24, 2.45) is 0 Å². The van der Waals surface area contributed by atoms with Crippen molar-refractivity contribution in [1.29, 1.82) is 0 Å². The standard InChI is InChI=1S/C14H28O3/c1-4-6-7-8-9-10-14(17-5-2)13(16)11-12(3)15/h5,12-16H,2,4,6-11H2,1,3H3. The van der Waals surface area contributed by atoms with E-state index in [9.17, 15) is 10.2 Å². The Morgan fingerprint density at radius 1 is 1.18 bits per heavy atom. The summed E-state index contributed by atoms with van der Waals surface area (Å²) in [6, 6.07) is 0. The molecular formula is C14H28O3. The molecule has 0 heterocycles. The SMILES string of the molecule is C=COC(CCCCCCC)C(O)CC(C)O. The fourth-order valence-electron chi connectivity index (χ4n) is 1.93. The number of rotatable bonds is 11. The molecule has 2 N–H and O–H groups in total. The first-order valence-corrected chi connectivity index (χ1v) is 6.74. The Labute approximate surface area is 105 Å². The first-order valence-electron chi connectivity index (χ1n) is 6.74. The average Bonchev–Trinajstić information content (AvgIpc) is 2.26. The van der Waals surface area contributed by atoms with Crippen LogP contribution in [0.5, 0.6) is 0 Å². The smallest absolute Gasteiger partial charge is 0.124 e. The van der Waals surface area contributed by atoms with Crippen molar-refractivity contribution in [1.82, 2.24) is 0 Å². The minimum Gasteiger partial charge on any atom is -0.496 e. The van der Waals surface area contributed by atoms with Gasteiger partial charge in [0.15, 0.2) is 0 Å². The van der Waals surface area contributed by atoms with Crippen LogP contribution in [-0.4, -0.2) is 28.5 Å². The van der Waals surface area contributed by atoms with E-state index in [0.717, 1.165) is 12.8 Å². The van der Waals surface area contributed by atoms with Crippen molar-refractivity contribution in [3.8, 4) is 0 Å². The van der Waals surface area contributed by atoms with Crippen molar-refractivity contribution < 1.29 is 14.9 Å². The first-order chi connectivity index (χ1) is 8.11. The molecule has 0 aromatic rings. The van der Waals surface area contributed by atoms with Crippen molar-refractivity contribution in [2.45, 2.75) is 77.1 Å². The molecule has 0 bridgehead atoms. The molecule has 3 unspecified atom stereocenters. The number of unbranched alkanes of at least 4 members (excludes halogenated alkanes) is 4. The predicted octanol–water partition coefficient (Wildman–Crippen LogP) is 3.01. The topological polar surface area (TPSA) is 49.7 Å². The second-order valence-electron chi connectivity index (χ2n) is 4.70. The van der Waals surface area contributed by atoms with Gasteiger partial charge in [0.1, 0.15) is 6.10 Å². The van der Waals surface area contributed by atoms with E-state index in [1.54, 1.807) is 6.92 Å². The van der Waals surface area contributed by atoms with Crippen LogP contribution in [0.3, 0.4) is 0 Å². The maximum Gasteiger partial charge on any atom is 0.124 e. The number of aliphatic hydroxyl groups is 2. The predicted molar refractivity (Wildman–Crippen MR) is 70.8 cm³/mol. The van der Waals surface area contributed by atoms with Gasteiger partial charge in [-0.25, -0.2) is 0 Å². The van der Waals surface area contributed by atoms with Crippen molar-refractivity contribution in [3.05, 3.63) is 12.8 Å². The normalized spacial score (nSPS) is 16.2. The molecule has 0 aliphatic rings. The van der Waals surface area contributed by atoms with Gasteiger partial charge in [0.25, 0.3) is 0 Å². The molecule has 0 saturated heterocycles. The van der Waals surface area contributed by atoms with Crippen LogP contribution in [0, 0.1) is 0 Å². The van der Waals surface area contributed by atoms with E-state index >= 15 is 0 Å². The molecule has 0 amide bonds. The molecule has 3 nitrogen and oxygen atoms in total. The van der Waals surface area contributed by atoms with Gasteiger partial charge in [-0.05, 0) is 19.8 Å². The summed E-state index contributed by atoms with van der Waals surface area (Å²) in [6.45, 7) is 7.39. The molecule has 0 aromatic carbocycles. The van der Waals surface area contributed by atoms with E-state index in [1.165, 1.54) is 31.9 Å². The van der Waals surface area contributed by atoms with Crippen LogP contribution in [0.25, 0.3) is 0 Å². The lowest BCUT2D eigenvalue weighted by Gasteiger charge is -2.23. The molecule has 0 aliphatic heterocycles. The lowest BCUT2D eigenvalue weighted by atomic mass is 10.0. The highest BCUT2D eigenvalue weighted by Crippen LogP contribution is 2.15. The Bertz CT molecular complexity index is 180. The number of hydrogen-bond acceptors (Lipinski definition) is 3. The maximum absolute atomic E-state index is 9.88. The summed E-state index contributed by atoms with van der Waals surface area (Å²) < 4.78 is 5.31. The van der Waals surface area contributed by atoms with E-state index in [0.29, 0.717) is 6.42 Å². The molecule has 3 atom stereocenters. The number of aliphatic hydroxyl groups excluding tert-OH is 2. The minimum absolute atomic E-state index is 0.233. The third kappa shape index (κ3) is 9.19. The van der Waals surface area contributed by atoms with Crippen molar-refractivity contribution in [2.75, 3.05) is 0 Å². The molecule has 0 aromatic heterocycles. The van der Waals surface area contributed by atoms with Crippen LogP contribution in [0.15, 0.2) is 12.8 Å². The molecular weight excluding hydrogens is 216 g/mol. The van der Waals surface area contributed by atoms with Crippen molar-refractivity contribution in [3.63, 3.8) is 0 Å². The van der Waals surface area contributed by atoms with E-state index in [2.05, 4.69) is 13.5 Å². The zero-order valence-corrected chi connectivity index (χ0v) is 11.3. The lowest BCUT2D eigenvalue weighted by molar-refractivity contribution is -0.0207. The molecule has 0 radical (unpaired) electrons. The van der Waals surface area contributed by atoms with Gasteiger partial charge in [-0.15, -0.1) is 0 Å². The van der Waals surface area contributed by atoms with E-state index in [-0.39, 0.29) is 6.10 Å². The van der Waals surface area contributed by atoms with Gasteiger partial charge in [0, 0.05) is 6.42 Å². The Kier molecular flexibility index (Phi) is 10.3. The Hall–Kier alpha value is -0.540. The summed E-state index contributed by atoms with van der Waals surface area (Å²) in [6.07, 6.45) is 7.18. The highest BCUT2D eigenvalue weighted by Gasteiger charge is 2.20. The van der Waals surface area contributed by atoms with Crippen LogP contribution < -0.4 is 0 Å². The fourth-order valence-corrected chi connectivity index (χ4v) is 1.93. The molecule has 0 aliphatic carbocycles. The molecule has 3 heteroatoms. The fraction of sp³-hybridized carbons (Fsp3) is 0.857. The highest BCUT2D eigenvalue weighted by atomic mass is 16.5. The van der Waals surface area contributed by atoms with Crippen LogP contribution in [0.2, 0.25) is 0 Å². The summed E-state index contributed by atoms with van der Waals surface area (Å²) in [5, 5.41) is 19.1. The minimum atomic E-state index is -0.612. The van der Waals surface area contributed by atoms with Crippen LogP contribution in [0.1, 0.15) is 58.8 Å². The lowest BCUT2D eigenvalue weighted by Crippen LogP contribution is -2.30. The molecule has 102 valence electrons. The van der Waals surface area contributed by atoms with Gasteiger partial charge in [-0.1, -0.05) is 39.2 Å². The summed E-state index contributed by atoms with van der Waals surface area (Å²) in [4.78, 5) is 0. The third-order valence-electron chi connectivity index (χ3n) is 2.87. The Balaban J connectivity index is 3.84. The van der Waals surface area contributed by atoms with Crippen molar-refractivity contribution >= 4 is 0 Å². The van der Waals surface area contributed by atoms with E-state index in [1.807, 2.05) is 0 Å². The van der Waals surface area contributed by atoms with Crippen LogP contribution >= 0.6 is 0 Å². The number of hydrogen-bond donors (Lipinski definition) is 2. The average molecular weight is 244 g/mol. The quantitative estimate of drug-likeness (QED) is 0.434. The van der Waals surface area contributed by atoms with E-state index < -0.39 is 12.2 Å². The van der Waals surface area contributed by atoms with Gasteiger partial charge in [0.05, 0.1) is 18.5 Å². The summed E-state index contributed by atoms with van der Waals surface area (Å²) in [5.41, 5.74) is 0. The van der Waals surface area contributed by atoms with Gasteiger partial charge in [0.2, 0.25) is 0 Å². The van der Waals surface area contributed by atoms with Gasteiger partial charge in [-0.3, -0.25) is 0 Å². The Morgan fingerprint density at radius 2 is 1.82 bits per heavy atom. The Morgan fingerprint density at radius 3 is 2.35 bits per heavy atom. The van der Waals surface area contributed by atoms with E-state index in [4.69, 9.17) is 4.74 Å². The summed E-state index contributed by atoms with van der Waals surface area (Å²) in [7, 11) is 0. The zero-order valence-electron chi connectivity index (χ0n) is 11.3. The molecule has 17 heavy (non-hydrogen) atoms. The second-order valence-corrected chi connectivity index (χ2v) is 4.70. The first kappa shape index (κ1) is 16.5. The molecule has 0 rings (SSSR count). The summed E-state index contributed by atoms with van der Waals surface area (Å²) in [5.74, 6) is 0. The van der Waals surface area contributed by atoms with Gasteiger partial charge < -0.3 is 14.9 Å². The zero-order chi connectivity index (χ0) is 13.1. The molecule has 0 saturated carbocycles. The van der Waals surface area contributed by atoms with Crippen LogP contribution in [0.4, 0.5) is 0 Å². The third-order valence-corrected chi connectivity index (χ3v) is 2.87. The largest absolute Gasteiger partial charge is 0.496 e. The van der Waals surface area contributed by atoms with Gasteiger partial charge in [-0.2, -0.15) is 0 Å². The van der Waals surface area contributed by atoms with Crippen LogP contribution in [-0.2, 0) is 4.74 Å².